The van der Waals surface area contributed by atoms with Gasteiger partial charge >= 0.3 is 0 Å². The van der Waals surface area contributed by atoms with Gasteiger partial charge in [0.15, 0.2) is 5.78 Å². The summed E-state index contributed by atoms with van der Waals surface area (Å²) in [6.07, 6.45) is 0. The van der Waals surface area contributed by atoms with Gasteiger partial charge in [0.25, 0.3) is 0 Å². The Morgan fingerprint density at radius 2 is 1.88 bits per heavy atom. The molecule has 0 aliphatic rings. The van der Waals surface area contributed by atoms with E-state index in [1.807, 2.05) is 30.3 Å². The first-order chi connectivity index (χ1) is 7.63. The number of nitrogens with zero attached hydrogens (tertiary/aromatic N) is 1. The summed E-state index contributed by atoms with van der Waals surface area (Å²) in [6, 6.07) is 9.51. The Labute approximate surface area is 98.3 Å². The molecule has 0 fully saturated rings. The zero-order valence-electron chi connectivity index (χ0n) is 10.4. The van der Waals surface area contributed by atoms with E-state index in [0.717, 1.165) is 18.7 Å². The average Bonchev–Trinajstić information content (AvgIpc) is 2.28. The molecule has 0 bridgehead atoms. The average molecular weight is 219 g/mol. The summed E-state index contributed by atoms with van der Waals surface area (Å²) < 4.78 is 0. The molecule has 1 rings (SSSR count). The van der Waals surface area contributed by atoms with Gasteiger partial charge in [0.2, 0.25) is 0 Å². The molecule has 16 heavy (non-hydrogen) atoms. The van der Waals surface area contributed by atoms with Gasteiger partial charge in [-0.25, -0.2) is 0 Å². The Balaban J connectivity index is 2.56. The minimum Gasteiger partial charge on any atom is -0.296 e. The number of hydrogen-bond acceptors (Lipinski definition) is 2. The van der Waals surface area contributed by atoms with Crippen molar-refractivity contribution < 1.29 is 4.79 Å². The fraction of sp³-hybridized carbons (Fsp3) is 0.500. The van der Waals surface area contributed by atoms with Crippen molar-refractivity contribution in [2.24, 2.45) is 5.92 Å². The predicted octanol–water partition coefficient (Wildman–Crippen LogP) is 2.85. The third-order valence-corrected chi connectivity index (χ3v) is 2.53. The monoisotopic (exact) mass is 219 g/mol. The van der Waals surface area contributed by atoms with E-state index in [4.69, 9.17) is 0 Å². The van der Waals surface area contributed by atoms with Crippen molar-refractivity contribution in [3.63, 3.8) is 0 Å². The standard InChI is InChI=1S/C14H21NO/c1-4-15(10-12(2)3)11-14(16)13-8-6-5-7-9-13/h5-9,12H,4,10-11H2,1-3H3. The molecule has 0 N–H and O–H groups in total. The Bertz CT molecular complexity index is 319. The summed E-state index contributed by atoms with van der Waals surface area (Å²) in [7, 11) is 0. The van der Waals surface area contributed by atoms with E-state index in [0.29, 0.717) is 12.5 Å². The normalized spacial score (nSPS) is 11.1. The van der Waals surface area contributed by atoms with Crippen LogP contribution < -0.4 is 0 Å². The van der Waals surface area contributed by atoms with Crippen LogP contribution in [-0.4, -0.2) is 30.3 Å². The Hall–Kier alpha value is -1.15. The Morgan fingerprint density at radius 1 is 1.25 bits per heavy atom. The first-order valence-corrected chi connectivity index (χ1v) is 5.94. The minimum absolute atomic E-state index is 0.211. The molecule has 0 heterocycles. The third-order valence-electron chi connectivity index (χ3n) is 2.53. The summed E-state index contributed by atoms with van der Waals surface area (Å²) >= 11 is 0. The van der Waals surface area contributed by atoms with Crippen LogP contribution in [0.3, 0.4) is 0 Å². The van der Waals surface area contributed by atoms with E-state index < -0.39 is 0 Å². The number of benzene rings is 1. The summed E-state index contributed by atoms with van der Waals surface area (Å²) in [4.78, 5) is 14.1. The van der Waals surface area contributed by atoms with Crippen molar-refractivity contribution in [3.8, 4) is 0 Å². The second-order valence-electron chi connectivity index (χ2n) is 4.51. The molecule has 0 saturated carbocycles. The zero-order chi connectivity index (χ0) is 12.0. The number of carbonyl (C=O) groups is 1. The summed E-state index contributed by atoms with van der Waals surface area (Å²) in [5.74, 6) is 0.812. The quantitative estimate of drug-likeness (QED) is 0.686. The number of Topliss-reactive ketones (excluding diaryl/α,β-unsaturated/α-hetero) is 1. The zero-order valence-corrected chi connectivity index (χ0v) is 10.4. The second-order valence-corrected chi connectivity index (χ2v) is 4.51. The molecule has 0 amide bonds. The molecule has 0 atom stereocenters. The molecular formula is C14H21NO. The Morgan fingerprint density at radius 3 is 2.38 bits per heavy atom. The van der Waals surface area contributed by atoms with Gasteiger partial charge in [0.1, 0.15) is 0 Å². The molecule has 2 nitrogen and oxygen atoms in total. The largest absolute Gasteiger partial charge is 0.296 e. The van der Waals surface area contributed by atoms with Gasteiger partial charge in [-0.1, -0.05) is 51.1 Å². The topological polar surface area (TPSA) is 20.3 Å². The molecular weight excluding hydrogens is 198 g/mol. The van der Waals surface area contributed by atoms with Gasteiger partial charge in [0, 0.05) is 12.1 Å². The minimum atomic E-state index is 0.211. The molecule has 0 saturated heterocycles. The lowest BCUT2D eigenvalue weighted by Crippen LogP contribution is -2.32. The maximum atomic E-state index is 12.0. The van der Waals surface area contributed by atoms with Gasteiger partial charge < -0.3 is 0 Å². The van der Waals surface area contributed by atoms with Crippen LogP contribution in [-0.2, 0) is 0 Å². The van der Waals surface area contributed by atoms with Gasteiger partial charge in [-0.05, 0) is 12.5 Å². The van der Waals surface area contributed by atoms with E-state index in [9.17, 15) is 4.79 Å². The molecule has 0 radical (unpaired) electrons. The molecule has 0 unspecified atom stereocenters. The van der Waals surface area contributed by atoms with Gasteiger partial charge in [-0.2, -0.15) is 0 Å². The van der Waals surface area contributed by atoms with Crippen LogP contribution >= 0.6 is 0 Å². The van der Waals surface area contributed by atoms with Crippen molar-refractivity contribution >= 4 is 5.78 Å². The smallest absolute Gasteiger partial charge is 0.176 e. The lowest BCUT2D eigenvalue weighted by molar-refractivity contribution is 0.0926. The first-order valence-electron chi connectivity index (χ1n) is 5.94. The van der Waals surface area contributed by atoms with Gasteiger partial charge in [-0.15, -0.1) is 0 Å². The number of ketones is 1. The van der Waals surface area contributed by atoms with Crippen LogP contribution in [0.5, 0.6) is 0 Å². The van der Waals surface area contributed by atoms with Crippen LogP contribution in [0.2, 0.25) is 0 Å². The highest BCUT2D eigenvalue weighted by molar-refractivity contribution is 5.97. The van der Waals surface area contributed by atoms with E-state index in [1.54, 1.807) is 0 Å². The Kier molecular flexibility index (Phi) is 5.20. The molecule has 1 aromatic rings. The van der Waals surface area contributed by atoms with Crippen LogP contribution in [0.25, 0.3) is 0 Å². The first kappa shape index (κ1) is 12.9. The lowest BCUT2D eigenvalue weighted by Gasteiger charge is -2.21. The SMILES string of the molecule is CCN(CC(=O)c1ccccc1)CC(C)C. The highest BCUT2D eigenvalue weighted by Gasteiger charge is 2.11. The van der Waals surface area contributed by atoms with E-state index in [1.165, 1.54) is 0 Å². The van der Waals surface area contributed by atoms with Crippen LogP contribution in [0.15, 0.2) is 30.3 Å². The maximum Gasteiger partial charge on any atom is 0.176 e. The van der Waals surface area contributed by atoms with Crippen molar-refractivity contribution in [1.29, 1.82) is 0 Å². The van der Waals surface area contributed by atoms with Crippen molar-refractivity contribution in [3.05, 3.63) is 35.9 Å². The van der Waals surface area contributed by atoms with Crippen LogP contribution in [0.4, 0.5) is 0 Å². The van der Waals surface area contributed by atoms with Crippen molar-refractivity contribution in [2.45, 2.75) is 20.8 Å². The maximum absolute atomic E-state index is 12.0. The fourth-order valence-electron chi connectivity index (χ4n) is 1.74. The van der Waals surface area contributed by atoms with E-state index >= 15 is 0 Å². The molecule has 0 spiro atoms. The van der Waals surface area contributed by atoms with Gasteiger partial charge in [0.05, 0.1) is 6.54 Å². The number of carbonyl (C=O) groups excluding carboxylic acids is 1. The van der Waals surface area contributed by atoms with E-state index in [-0.39, 0.29) is 5.78 Å². The highest BCUT2D eigenvalue weighted by Crippen LogP contribution is 2.04. The number of likely N-dealkylation sites (N-methyl/N-ethyl adjacent to an activating group) is 1. The molecule has 0 aliphatic carbocycles. The summed E-state index contributed by atoms with van der Waals surface area (Å²) in [5.41, 5.74) is 0.810. The molecule has 88 valence electrons. The second kappa shape index (κ2) is 6.44. The van der Waals surface area contributed by atoms with E-state index in [2.05, 4.69) is 25.7 Å². The van der Waals surface area contributed by atoms with Crippen LogP contribution in [0.1, 0.15) is 31.1 Å². The summed E-state index contributed by atoms with van der Waals surface area (Å²) in [6.45, 7) is 8.89. The fourth-order valence-corrected chi connectivity index (χ4v) is 1.74. The lowest BCUT2D eigenvalue weighted by atomic mass is 10.1. The predicted molar refractivity (Wildman–Crippen MR) is 67.7 cm³/mol. The molecule has 0 aliphatic heterocycles. The van der Waals surface area contributed by atoms with Gasteiger partial charge in [-0.3, -0.25) is 9.69 Å². The molecule has 1 aromatic carbocycles. The highest BCUT2D eigenvalue weighted by atomic mass is 16.1. The number of rotatable bonds is 6. The summed E-state index contributed by atoms with van der Waals surface area (Å²) in [5, 5.41) is 0. The van der Waals surface area contributed by atoms with Crippen LogP contribution in [0, 0.1) is 5.92 Å². The third kappa shape index (κ3) is 4.15. The van der Waals surface area contributed by atoms with Crippen molar-refractivity contribution in [2.75, 3.05) is 19.6 Å². The molecule has 0 aromatic heterocycles. The van der Waals surface area contributed by atoms with Crippen molar-refractivity contribution in [1.82, 2.24) is 4.90 Å². The number of hydrogen-bond donors (Lipinski definition) is 0. The molecule has 2 heteroatoms.